The van der Waals surface area contributed by atoms with Crippen molar-refractivity contribution in [3.63, 3.8) is 0 Å². The summed E-state index contributed by atoms with van der Waals surface area (Å²) in [5.41, 5.74) is 1.21. The molecule has 9 heteroatoms. The number of carbonyl (C=O) groups excluding carboxylic acids is 2. The number of nitrogens with zero attached hydrogens (tertiary/aromatic N) is 2. The summed E-state index contributed by atoms with van der Waals surface area (Å²) in [6, 6.07) is 16.9. The van der Waals surface area contributed by atoms with Gasteiger partial charge in [0.25, 0.3) is 5.91 Å². The van der Waals surface area contributed by atoms with E-state index in [4.69, 9.17) is 4.42 Å². The minimum atomic E-state index is -3.95. The molecule has 2 heterocycles. The van der Waals surface area contributed by atoms with Crippen LogP contribution in [-0.2, 0) is 9.84 Å². The highest BCUT2D eigenvalue weighted by atomic mass is 32.2. The van der Waals surface area contributed by atoms with Crippen LogP contribution < -0.4 is 5.32 Å². The van der Waals surface area contributed by atoms with Gasteiger partial charge in [0.05, 0.1) is 21.0 Å². The summed E-state index contributed by atoms with van der Waals surface area (Å²) in [4.78, 5) is 25.5. The van der Waals surface area contributed by atoms with Gasteiger partial charge >= 0.3 is 0 Å². The van der Waals surface area contributed by atoms with Crippen LogP contribution in [0, 0.1) is 6.92 Å². The molecule has 0 fully saturated rings. The number of aryl methyl sites for hydroxylation is 1. The lowest BCUT2D eigenvalue weighted by atomic mass is 10.0. The summed E-state index contributed by atoms with van der Waals surface area (Å²) >= 11 is 0. The van der Waals surface area contributed by atoms with Gasteiger partial charge in [-0.2, -0.15) is 0 Å². The van der Waals surface area contributed by atoms with Gasteiger partial charge in [-0.1, -0.05) is 24.3 Å². The van der Waals surface area contributed by atoms with E-state index >= 15 is 0 Å². The number of carbonyl (C=O) groups is 2. The number of sulfone groups is 1. The lowest BCUT2D eigenvalue weighted by molar-refractivity contribution is 0.101. The van der Waals surface area contributed by atoms with Gasteiger partial charge in [0.2, 0.25) is 21.6 Å². The molecule has 32 heavy (non-hydrogen) atoms. The molecular formula is C23H15N3O5S. The molecule has 0 aliphatic carbocycles. The molecule has 1 aromatic heterocycles. The first-order valence-corrected chi connectivity index (χ1v) is 11.1. The summed E-state index contributed by atoms with van der Waals surface area (Å²) in [7, 11) is -3.95. The molecule has 0 saturated heterocycles. The maximum Gasteiger partial charge on any atom is 0.255 e. The third kappa shape index (κ3) is 3.10. The Hall–Kier alpha value is -4.11. The highest BCUT2D eigenvalue weighted by molar-refractivity contribution is 7.91. The Kier molecular flexibility index (Phi) is 4.49. The Bertz CT molecular complexity index is 1520. The van der Waals surface area contributed by atoms with E-state index < -0.39 is 21.5 Å². The lowest BCUT2D eigenvalue weighted by Gasteiger charge is -2.19. The summed E-state index contributed by atoms with van der Waals surface area (Å²) in [6.45, 7) is 1.66. The molecule has 0 bridgehead atoms. The largest absolute Gasteiger partial charge is 0.421 e. The number of anilines is 1. The van der Waals surface area contributed by atoms with Gasteiger partial charge in [0, 0.05) is 23.6 Å². The molecule has 4 aromatic rings. The minimum Gasteiger partial charge on any atom is -0.421 e. The van der Waals surface area contributed by atoms with E-state index in [1.165, 1.54) is 30.3 Å². The van der Waals surface area contributed by atoms with Crippen LogP contribution in [0.5, 0.6) is 0 Å². The lowest BCUT2D eigenvalue weighted by Crippen LogP contribution is -2.21. The summed E-state index contributed by atoms with van der Waals surface area (Å²) in [5, 5.41) is 10.5. The number of ketones is 1. The van der Waals surface area contributed by atoms with E-state index in [1.807, 2.05) is 0 Å². The molecule has 158 valence electrons. The molecule has 0 saturated carbocycles. The predicted octanol–water partition coefficient (Wildman–Crippen LogP) is 3.67. The molecule has 3 aromatic carbocycles. The van der Waals surface area contributed by atoms with Crippen LogP contribution in [-0.4, -0.2) is 30.3 Å². The van der Waals surface area contributed by atoms with E-state index in [2.05, 4.69) is 15.5 Å². The first-order valence-electron chi connectivity index (χ1n) is 9.60. The van der Waals surface area contributed by atoms with Crippen molar-refractivity contribution in [2.45, 2.75) is 16.7 Å². The van der Waals surface area contributed by atoms with Crippen molar-refractivity contribution in [3.05, 3.63) is 89.3 Å². The Balaban J connectivity index is 1.53. The zero-order chi connectivity index (χ0) is 22.5. The number of hydrogen-bond donors (Lipinski definition) is 1. The Labute approximate surface area is 182 Å². The standard InChI is InChI=1S/C23H15N3O5S/c1-13-25-26-23(31-13)15-6-2-4-8-18(15)24-22(28)14-10-11-17-20(12-14)32(29,30)19-9-5-3-7-16(19)21(17)27/h2-12H,1H3,(H,24,28). The third-order valence-corrected chi connectivity index (χ3v) is 6.98. The number of benzene rings is 3. The maximum atomic E-state index is 13.1. The number of nitrogens with one attached hydrogen (secondary N) is 1. The van der Waals surface area contributed by atoms with Crippen molar-refractivity contribution in [3.8, 4) is 11.5 Å². The average molecular weight is 445 g/mol. The summed E-state index contributed by atoms with van der Waals surface area (Å²) in [5.74, 6) is -0.313. The van der Waals surface area contributed by atoms with Gasteiger partial charge in [-0.15, -0.1) is 10.2 Å². The van der Waals surface area contributed by atoms with E-state index in [9.17, 15) is 18.0 Å². The van der Waals surface area contributed by atoms with Crippen LogP contribution in [0.2, 0.25) is 0 Å². The van der Waals surface area contributed by atoms with Gasteiger partial charge in [0.1, 0.15) is 0 Å². The number of fused-ring (bicyclic) bond motifs is 2. The van der Waals surface area contributed by atoms with Crippen LogP contribution in [0.15, 0.2) is 80.9 Å². The van der Waals surface area contributed by atoms with E-state index in [-0.39, 0.29) is 32.4 Å². The van der Waals surface area contributed by atoms with Gasteiger partial charge in [0.15, 0.2) is 5.78 Å². The fraction of sp³-hybridized carbons (Fsp3) is 0.0435. The zero-order valence-electron chi connectivity index (χ0n) is 16.7. The van der Waals surface area contributed by atoms with Crippen LogP contribution in [0.4, 0.5) is 5.69 Å². The van der Waals surface area contributed by atoms with Crippen LogP contribution >= 0.6 is 0 Å². The van der Waals surface area contributed by atoms with Gasteiger partial charge in [-0.05, 0) is 42.5 Å². The third-order valence-electron chi connectivity index (χ3n) is 5.13. The van der Waals surface area contributed by atoms with Crippen molar-refractivity contribution < 1.29 is 22.4 Å². The monoisotopic (exact) mass is 445 g/mol. The molecule has 0 spiro atoms. The van der Waals surface area contributed by atoms with Crippen LogP contribution in [0.1, 0.15) is 32.2 Å². The Morgan fingerprint density at radius 1 is 0.875 bits per heavy atom. The summed E-state index contributed by atoms with van der Waals surface area (Å²) in [6.07, 6.45) is 0. The van der Waals surface area contributed by atoms with Gasteiger partial charge < -0.3 is 9.73 Å². The van der Waals surface area contributed by atoms with Crippen LogP contribution in [0.25, 0.3) is 11.5 Å². The predicted molar refractivity (Wildman–Crippen MR) is 114 cm³/mol. The molecule has 5 rings (SSSR count). The highest BCUT2D eigenvalue weighted by Crippen LogP contribution is 2.35. The van der Waals surface area contributed by atoms with E-state index in [1.54, 1.807) is 43.3 Å². The van der Waals surface area contributed by atoms with E-state index in [0.29, 0.717) is 17.1 Å². The number of para-hydroxylation sites is 1. The van der Waals surface area contributed by atoms with Gasteiger partial charge in [-0.3, -0.25) is 9.59 Å². The zero-order valence-corrected chi connectivity index (χ0v) is 17.5. The molecule has 1 aliphatic heterocycles. The summed E-state index contributed by atoms with van der Waals surface area (Å²) < 4.78 is 31.7. The van der Waals surface area contributed by atoms with Crippen molar-refractivity contribution in [2.75, 3.05) is 5.32 Å². The SMILES string of the molecule is Cc1nnc(-c2ccccc2NC(=O)c2ccc3c(c2)S(=O)(=O)c2ccccc2C3=O)o1. The molecule has 1 amide bonds. The quantitative estimate of drug-likeness (QED) is 0.450. The van der Waals surface area contributed by atoms with Crippen molar-refractivity contribution in [2.24, 2.45) is 0 Å². The fourth-order valence-corrected chi connectivity index (χ4v) is 5.28. The average Bonchev–Trinajstić information content (AvgIpc) is 3.24. The number of aromatic nitrogens is 2. The smallest absolute Gasteiger partial charge is 0.255 e. The van der Waals surface area contributed by atoms with E-state index in [0.717, 1.165) is 0 Å². The second kappa shape index (κ2) is 7.24. The van der Waals surface area contributed by atoms with Gasteiger partial charge in [-0.25, -0.2) is 8.42 Å². The molecule has 0 radical (unpaired) electrons. The Morgan fingerprint density at radius 3 is 2.31 bits per heavy atom. The normalized spacial score (nSPS) is 13.8. The maximum absolute atomic E-state index is 13.1. The first-order chi connectivity index (χ1) is 15.4. The second-order valence-corrected chi connectivity index (χ2v) is 9.05. The fourth-order valence-electron chi connectivity index (χ4n) is 3.60. The van der Waals surface area contributed by atoms with Crippen molar-refractivity contribution in [1.29, 1.82) is 0 Å². The van der Waals surface area contributed by atoms with Crippen molar-refractivity contribution >= 4 is 27.2 Å². The topological polar surface area (TPSA) is 119 Å². The van der Waals surface area contributed by atoms with Crippen LogP contribution in [0.3, 0.4) is 0 Å². The number of amides is 1. The van der Waals surface area contributed by atoms with Crippen molar-refractivity contribution in [1.82, 2.24) is 10.2 Å². The minimum absolute atomic E-state index is 0.0435. The molecule has 1 N–H and O–H groups in total. The molecule has 0 unspecified atom stereocenters. The molecule has 8 nitrogen and oxygen atoms in total. The second-order valence-electron chi connectivity index (χ2n) is 7.17. The Morgan fingerprint density at radius 2 is 1.56 bits per heavy atom. The number of rotatable bonds is 3. The first kappa shape index (κ1) is 19.8. The molecule has 0 atom stereocenters. The number of hydrogen-bond acceptors (Lipinski definition) is 7. The molecule has 1 aliphatic rings. The molecular weight excluding hydrogens is 430 g/mol. The highest BCUT2D eigenvalue weighted by Gasteiger charge is 2.35.